The van der Waals surface area contributed by atoms with Crippen LogP contribution in [0.15, 0.2) is 47.8 Å². The molecular formula is C20H13ClN2O4S. The van der Waals surface area contributed by atoms with Crippen LogP contribution in [0, 0.1) is 6.92 Å². The maximum atomic E-state index is 12.8. The van der Waals surface area contributed by atoms with Crippen molar-refractivity contribution in [3.05, 3.63) is 80.3 Å². The van der Waals surface area contributed by atoms with Gasteiger partial charge in [-0.2, -0.15) is 0 Å². The first-order valence-corrected chi connectivity index (χ1v) is 9.57. The van der Waals surface area contributed by atoms with Gasteiger partial charge in [0.1, 0.15) is 6.61 Å². The van der Waals surface area contributed by atoms with E-state index in [1.54, 1.807) is 24.3 Å². The van der Waals surface area contributed by atoms with Gasteiger partial charge in [0.2, 0.25) is 0 Å². The van der Waals surface area contributed by atoms with Crippen molar-refractivity contribution in [2.75, 3.05) is 4.90 Å². The number of fused-ring (bicyclic) bond motifs is 1. The van der Waals surface area contributed by atoms with Crippen LogP contribution < -0.4 is 4.90 Å². The molecule has 3 aromatic rings. The van der Waals surface area contributed by atoms with Crippen LogP contribution in [0.2, 0.25) is 5.02 Å². The molecule has 0 fully saturated rings. The summed E-state index contributed by atoms with van der Waals surface area (Å²) >= 11 is 7.60. The second-order valence-corrected chi connectivity index (χ2v) is 7.56. The molecule has 0 bridgehead atoms. The molecule has 0 aliphatic carbocycles. The van der Waals surface area contributed by atoms with Crippen molar-refractivity contribution in [2.24, 2.45) is 0 Å². The molecule has 0 radical (unpaired) electrons. The van der Waals surface area contributed by atoms with E-state index in [1.807, 2.05) is 12.3 Å². The predicted molar refractivity (Wildman–Crippen MR) is 105 cm³/mol. The lowest BCUT2D eigenvalue weighted by molar-refractivity contribution is 0.0468. The van der Waals surface area contributed by atoms with Crippen molar-refractivity contribution in [1.29, 1.82) is 0 Å². The van der Waals surface area contributed by atoms with Crippen LogP contribution in [0.4, 0.5) is 5.69 Å². The zero-order valence-electron chi connectivity index (χ0n) is 14.6. The number of carbonyl (C=O) groups excluding carboxylic acids is 3. The molecule has 2 heterocycles. The fraction of sp³-hybridized carbons (Fsp3) is 0.100. The van der Waals surface area contributed by atoms with Crippen LogP contribution in [0.3, 0.4) is 0 Å². The Morgan fingerprint density at radius 2 is 1.89 bits per heavy atom. The van der Waals surface area contributed by atoms with Crippen molar-refractivity contribution < 1.29 is 19.1 Å². The number of thiazole rings is 1. The monoisotopic (exact) mass is 412 g/mol. The molecule has 140 valence electrons. The molecule has 1 aliphatic rings. The lowest BCUT2D eigenvalue weighted by atomic mass is 10.1. The highest BCUT2D eigenvalue weighted by Gasteiger charge is 2.38. The second-order valence-electron chi connectivity index (χ2n) is 6.09. The zero-order valence-corrected chi connectivity index (χ0v) is 16.2. The van der Waals surface area contributed by atoms with E-state index < -0.39 is 17.8 Å². The molecule has 1 aromatic heterocycles. The Kier molecular flexibility index (Phi) is 4.70. The maximum absolute atomic E-state index is 12.8. The third-order valence-electron chi connectivity index (χ3n) is 4.23. The van der Waals surface area contributed by atoms with Gasteiger partial charge in [-0.3, -0.25) is 9.59 Å². The van der Waals surface area contributed by atoms with Crippen LogP contribution >= 0.6 is 22.9 Å². The largest absolute Gasteiger partial charge is 0.456 e. The first kappa shape index (κ1) is 18.3. The number of halogens is 1. The van der Waals surface area contributed by atoms with E-state index in [0.717, 1.165) is 9.91 Å². The highest BCUT2D eigenvalue weighted by molar-refractivity contribution is 7.09. The Labute approximate surface area is 169 Å². The lowest BCUT2D eigenvalue weighted by Crippen LogP contribution is -2.29. The number of nitrogens with zero attached hydrogens (tertiary/aromatic N) is 2. The predicted octanol–water partition coefficient (Wildman–Crippen LogP) is 4.26. The van der Waals surface area contributed by atoms with E-state index in [1.165, 1.54) is 29.5 Å². The first-order chi connectivity index (χ1) is 13.5. The number of amides is 2. The second kappa shape index (κ2) is 7.18. The SMILES string of the molecule is Cc1nc(COC(=O)c2ccc3c(c2)C(=O)N(c2ccccc2Cl)C3=O)cs1. The summed E-state index contributed by atoms with van der Waals surface area (Å²) in [6, 6.07) is 10.9. The number of anilines is 1. The fourth-order valence-electron chi connectivity index (χ4n) is 2.92. The molecule has 28 heavy (non-hydrogen) atoms. The standard InChI is InChI=1S/C20H13ClN2O4S/c1-11-22-13(10-28-11)9-27-20(26)12-6-7-14-15(8-12)19(25)23(18(14)24)17-5-3-2-4-16(17)21/h2-8,10H,9H2,1H3. The van der Waals surface area contributed by atoms with Crippen LogP contribution in [-0.2, 0) is 11.3 Å². The molecule has 0 unspecified atom stereocenters. The van der Waals surface area contributed by atoms with Crippen molar-refractivity contribution in [3.8, 4) is 0 Å². The minimum Gasteiger partial charge on any atom is -0.456 e. The maximum Gasteiger partial charge on any atom is 0.338 e. The van der Waals surface area contributed by atoms with E-state index in [9.17, 15) is 14.4 Å². The molecule has 6 nitrogen and oxygen atoms in total. The van der Waals surface area contributed by atoms with Crippen LogP contribution in [0.5, 0.6) is 0 Å². The number of para-hydroxylation sites is 1. The third kappa shape index (κ3) is 3.19. The Bertz CT molecular complexity index is 1120. The van der Waals surface area contributed by atoms with Crippen LogP contribution in [0.1, 0.15) is 41.8 Å². The van der Waals surface area contributed by atoms with E-state index in [0.29, 0.717) is 11.4 Å². The quantitative estimate of drug-likeness (QED) is 0.472. The number of aromatic nitrogens is 1. The van der Waals surface area contributed by atoms with Gasteiger partial charge < -0.3 is 4.74 Å². The number of hydrogen-bond acceptors (Lipinski definition) is 6. The summed E-state index contributed by atoms with van der Waals surface area (Å²) in [5.74, 6) is -1.60. The van der Waals surface area contributed by atoms with Crippen molar-refractivity contribution >= 4 is 46.4 Å². The minimum absolute atomic E-state index is 0.0406. The Hall–Kier alpha value is -3.03. The van der Waals surface area contributed by atoms with Gasteiger partial charge in [0.25, 0.3) is 11.8 Å². The van der Waals surface area contributed by atoms with Gasteiger partial charge in [-0.05, 0) is 37.3 Å². The summed E-state index contributed by atoms with van der Waals surface area (Å²) in [5.41, 5.74) is 1.51. The topological polar surface area (TPSA) is 76.6 Å². The molecule has 0 atom stereocenters. The summed E-state index contributed by atoms with van der Waals surface area (Å²) in [6.07, 6.45) is 0. The van der Waals surface area contributed by atoms with E-state index in [2.05, 4.69) is 4.98 Å². The molecule has 2 amide bonds. The molecule has 0 saturated carbocycles. The van der Waals surface area contributed by atoms with Crippen molar-refractivity contribution in [3.63, 3.8) is 0 Å². The summed E-state index contributed by atoms with van der Waals surface area (Å²) in [7, 11) is 0. The van der Waals surface area contributed by atoms with E-state index in [4.69, 9.17) is 16.3 Å². The zero-order chi connectivity index (χ0) is 19.8. The average Bonchev–Trinajstić information content (AvgIpc) is 3.21. The minimum atomic E-state index is -0.593. The summed E-state index contributed by atoms with van der Waals surface area (Å²) in [4.78, 5) is 43.1. The van der Waals surface area contributed by atoms with E-state index in [-0.39, 0.29) is 28.3 Å². The summed E-state index contributed by atoms with van der Waals surface area (Å²) < 4.78 is 5.25. The fourth-order valence-corrected chi connectivity index (χ4v) is 3.73. The van der Waals surface area contributed by atoms with E-state index >= 15 is 0 Å². The number of carbonyl (C=O) groups is 3. The molecule has 2 aromatic carbocycles. The van der Waals surface area contributed by atoms with Gasteiger partial charge >= 0.3 is 5.97 Å². The van der Waals surface area contributed by atoms with Gasteiger partial charge in [-0.15, -0.1) is 11.3 Å². The lowest BCUT2D eigenvalue weighted by Gasteiger charge is -2.15. The third-order valence-corrected chi connectivity index (χ3v) is 5.38. The highest BCUT2D eigenvalue weighted by Crippen LogP contribution is 2.33. The summed E-state index contributed by atoms with van der Waals surface area (Å²) in [6.45, 7) is 1.91. The molecular weight excluding hydrogens is 400 g/mol. The summed E-state index contributed by atoms with van der Waals surface area (Å²) in [5, 5.41) is 2.98. The molecule has 8 heteroatoms. The van der Waals surface area contributed by atoms with Gasteiger partial charge in [0.05, 0.1) is 38.1 Å². The van der Waals surface area contributed by atoms with Crippen LogP contribution in [-0.4, -0.2) is 22.8 Å². The molecule has 0 N–H and O–H groups in total. The Balaban J connectivity index is 1.58. The van der Waals surface area contributed by atoms with Crippen LogP contribution in [0.25, 0.3) is 0 Å². The number of imide groups is 1. The Morgan fingerprint density at radius 1 is 1.14 bits per heavy atom. The van der Waals surface area contributed by atoms with Gasteiger partial charge in [-0.25, -0.2) is 14.7 Å². The normalized spacial score (nSPS) is 13.0. The molecule has 1 aliphatic heterocycles. The number of rotatable bonds is 4. The number of ether oxygens (including phenoxy) is 1. The smallest absolute Gasteiger partial charge is 0.338 e. The van der Waals surface area contributed by atoms with Crippen molar-refractivity contribution in [1.82, 2.24) is 4.98 Å². The Morgan fingerprint density at radius 3 is 2.61 bits per heavy atom. The number of esters is 1. The molecule has 0 spiro atoms. The number of benzene rings is 2. The van der Waals surface area contributed by atoms with Crippen molar-refractivity contribution in [2.45, 2.75) is 13.5 Å². The average molecular weight is 413 g/mol. The van der Waals surface area contributed by atoms with Gasteiger partial charge in [-0.1, -0.05) is 23.7 Å². The molecule has 0 saturated heterocycles. The number of hydrogen-bond donors (Lipinski definition) is 0. The van der Waals surface area contributed by atoms with Gasteiger partial charge in [0, 0.05) is 5.38 Å². The first-order valence-electron chi connectivity index (χ1n) is 8.31. The highest BCUT2D eigenvalue weighted by atomic mass is 35.5. The van der Waals surface area contributed by atoms with Gasteiger partial charge in [0.15, 0.2) is 0 Å². The molecule has 4 rings (SSSR count). The number of aryl methyl sites for hydroxylation is 1.